The molecule has 0 spiro atoms. The maximum absolute atomic E-state index is 8.82. The minimum Gasteiger partial charge on any atom is -0.302 e. The Morgan fingerprint density at radius 3 is 2.50 bits per heavy atom. The van der Waals surface area contributed by atoms with E-state index >= 15 is 0 Å². The second-order valence-electron chi connectivity index (χ2n) is 3.60. The molecule has 1 N–H and O–H groups in total. The first-order chi connectivity index (χ1) is 5.54. The molecule has 3 heteroatoms. The highest BCUT2D eigenvalue weighted by atomic mass is 32.2. The van der Waals surface area contributed by atoms with Gasteiger partial charge in [0, 0.05) is 5.75 Å². The van der Waals surface area contributed by atoms with Crippen LogP contribution in [0.2, 0.25) is 0 Å². The van der Waals surface area contributed by atoms with Crippen molar-refractivity contribution in [3.63, 3.8) is 0 Å². The molecule has 0 heterocycles. The number of rotatable bonds is 5. The van der Waals surface area contributed by atoms with Gasteiger partial charge in [0.1, 0.15) is 5.54 Å². The minimum absolute atomic E-state index is 0.362. The van der Waals surface area contributed by atoms with Crippen molar-refractivity contribution < 1.29 is 0 Å². The predicted molar refractivity (Wildman–Crippen MR) is 55.2 cm³/mol. The highest BCUT2D eigenvalue weighted by Crippen LogP contribution is 2.14. The molecule has 1 atom stereocenters. The molecule has 0 saturated heterocycles. The summed E-state index contributed by atoms with van der Waals surface area (Å²) in [5.74, 6) is 2.69. The number of nitrogens with one attached hydrogen (secondary N) is 1. The maximum atomic E-state index is 8.82. The molecule has 0 aromatic rings. The van der Waals surface area contributed by atoms with Crippen LogP contribution in [0.4, 0.5) is 0 Å². The van der Waals surface area contributed by atoms with Crippen LogP contribution >= 0.6 is 11.8 Å². The monoisotopic (exact) mass is 186 g/mol. The lowest BCUT2D eigenvalue weighted by molar-refractivity contribution is 0.550. The van der Waals surface area contributed by atoms with Crippen molar-refractivity contribution in [2.45, 2.75) is 26.3 Å². The molecular formula is C9H18N2S. The Kier molecular flexibility index (Phi) is 5.36. The third-order valence-corrected chi connectivity index (χ3v) is 3.32. The second-order valence-corrected chi connectivity index (χ2v) is 4.63. The first-order valence-corrected chi connectivity index (χ1v) is 5.37. The largest absolute Gasteiger partial charge is 0.302 e. The predicted octanol–water partition coefficient (Wildman–Crippen LogP) is 1.88. The Morgan fingerprint density at radius 2 is 2.17 bits per heavy atom. The van der Waals surface area contributed by atoms with Gasteiger partial charge >= 0.3 is 0 Å². The highest BCUT2D eigenvalue weighted by molar-refractivity contribution is 7.99. The van der Waals surface area contributed by atoms with Crippen LogP contribution in [0.25, 0.3) is 0 Å². The lowest BCUT2D eigenvalue weighted by Crippen LogP contribution is -2.40. The van der Waals surface area contributed by atoms with Crippen molar-refractivity contribution in [2.24, 2.45) is 5.92 Å². The fourth-order valence-electron chi connectivity index (χ4n) is 0.659. The molecule has 0 rings (SSSR count). The molecule has 0 aliphatic rings. The second kappa shape index (κ2) is 5.45. The van der Waals surface area contributed by atoms with Crippen molar-refractivity contribution in [3.05, 3.63) is 0 Å². The summed E-state index contributed by atoms with van der Waals surface area (Å²) in [6.45, 7) is 6.31. The van der Waals surface area contributed by atoms with Crippen LogP contribution in [0.15, 0.2) is 0 Å². The zero-order chi connectivity index (χ0) is 9.61. The van der Waals surface area contributed by atoms with E-state index in [1.54, 1.807) is 0 Å². The number of hydrogen-bond donors (Lipinski definition) is 1. The van der Waals surface area contributed by atoms with Gasteiger partial charge in [0.05, 0.1) is 6.07 Å². The van der Waals surface area contributed by atoms with Gasteiger partial charge in [-0.05, 0) is 25.6 Å². The molecule has 0 bridgehead atoms. The molecule has 2 nitrogen and oxygen atoms in total. The summed E-state index contributed by atoms with van der Waals surface area (Å²) in [5, 5.41) is 11.8. The van der Waals surface area contributed by atoms with Crippen LogP contribution in [-0.4, -0.2) is 24.1 Å². The van der Waals surface area contributed by atoms with Crippen molar-refractivity contribution in [1.29, 1.82) is 5.26 Å². The van der Waals surface area contributed by atoms with E-state index in [9.17, 15) is 0 Å². The van der Waals surface area contributed by atoms with Crippen molar-refractivity contribution in [3.8, 4) is 6.07 Å². The van der Waals surface area contributed by atoms with Crippen LogP contribution in [0.1, 0.15) is 20.8 Å². The molecule has 0 radical (unpaired) electrons. The Hall–Kier alpha value is -0.200. The molecule has 0 aliphatic heterocycles. The van der Waals surface area contributed by atoms with Gasteiger partial charge in [0.25, 0.3) is 0 Å². The van der Waals surface area contributed by atoms with E-state index in [1.165, 1.54) is 0 Å². The average molecular weight is 186 g/mol. The van der Waals surface area contributed by atoms with Crippen LogP contribution in [-0.2, 0) is 0 Å². The lowest BCUT2D eigenvalue weighted by Gasteiger charge is -2.20. The number of hydrogen-bond acceptors (Lipinski definition) is 3. The molecule has 0 aromatic carbocycles. The van der Waals surface area contributed by atoms with Gasteiger partial charge in [-0.25, -0.2) is 0 Å². The number of nitriles is 1. The summed E-state index contributed by atoms with van der Waals surface area (Å²) >= 11 is 1.83. The molecule has 0 aromatic heterocycles. The van der Waals surface area contributed by atoms with Gasteiger partial charge in [-0.1, -0.05) is 13.8 Å². The molecule has 12 heavy (non-hydrogen) atoms. The molecule has 0 fully saturated rings. The molecule has 1 unspecified atom stereocenters. The SMILES string of the molecule is CNC(C)(C#N)CSCC(C)C. The zero-order valence-corrected chi connectivity index (χ0v) is 9.16. The Balaban J connectivity index is 3.68. The van der Waals surface area contributed by atoms with Crippen LogP contribution in [0, 0.1) is 17.2 Å². The summed E-state index contributed by atoms with van der Waals surface area (Å²) in [5.41, 5.74) is -0.362. The maximum Gasteiger partial charge on any atom is 0.112 e. The summed E-state index contributed by atoms with van der Waals surface area (Å²) in [4.78, 5) is 0. The van der Waals surface area contributed by atoms with Gasteiger partial charge in [-0.15, -0.1) is 0 Å². The Labute approximate surface area is 79.7 Å². The van der Waals surface area contributed by atoms with Gasteiger partial charge in [0.2, 0.25) is 0 Å². The molecule has 70 valence electrons. The normalized spacial score (nSPS) is 15.7. The lowest BCUT2D eigenvalue weighted by atomic mass is 10.1. The summed E-state index contributed by atoms with van der Waals surface area (Å²) in [7, 11) is 1.83. The van der Waals surface area contributed by atoms with E-state index < -0.39 is 0 Å². The summed E-state index contributed by atoms with van der Waals surface area (Å²) in [6, 6.07) is 2.27. The van der Waals surface area contributed by atoms with E-state index in [-0.39, 0.29) is 5.54 Å². The molecule has 0 aliphatic carbocycles. The van der Waals surface area contributed by atoms with E-state index in [1.807, 2.05) is 25.7 Å². The summed E-state index contributed by atoms with van der Waals surface area (Å²) < 4.78 is 0. The quantitative estimate of drug-likeness (QED) is 0.712. The van der Waals surface area contributed by atoms with Crippen molar-refractivity contribution in [1.82, 2.24) is 5.32 Å². The van der Waals surface area contributed by atoms with E-state index in [4.69, 9.17) is 5.26 Å². The van der Waals surface area contributed by atoms with E-state index in [2.05, 4.69) is 25.2 Å². The Bertz CT molecular complexity index is 162. The van der Waals surface area contributed by atoms with E-state index in [0.717, 1.165) is 11.5 Å². The smallest absolute Gasteiger partial charge is 0.112 e. The highest BCUT2D eigenvalue weighted by Gasteiger charge is 2.20. The van der Waals surface area contributed by atoms with Gasteiger partial charge < -0.3 is 5.32 Å². The third kappa shape index (κ3) is 4.63. The van der Waals surface area contributed by atoms with E-state index in [0.29, 0.717) is 5.92 Å². The standard InChI is InChI=1S/C9H18N2S/c1-8(2)5-12-7-9(3,6-10)11-4/h8,11H,5,7H2,1-4H3. The fourth-order valence-corrected chi connectivity index (χ4v) is 1.87. The van der Waals surface area contributed by atoms with Gasteiger partial charge in [-0.2, -0.15) is 17.0 Å². The van der Waals surface area contributed by atoms with Crippen molar-refractivity contribution in [2.75, 3.05) is 18.6 Å². The van der Waals surface area contributed by atoms with Crippen LogP contribution < -0.4 is 5.32 Å². The van der Waals surface area contributed by atoms with Gasteiger partial charge in [0.15, 0.2) is 0 Å². The van der Waals surface area contributed by atoms with Gasteiger partial charge in [-0.3, -0.25) is 0 Å². The first-order valence-electron chi connectivity index (χ1n) is 4.22. The molecule has 0 amide bonds. The number of nitrogens with zero attached hydrogens (tertiary/aromatic N) is 1. The zero-order valence-electron chi connectivity index (χ0n) is 8.35. The number of thioether (sulfide) groups is 1. The van der Waals surface area contributed by atoms with Crippen LogP contribution in [0.3, 0.4) is 0 Å². The molecular weight excluding hydrogens is 168 g/mol. The summed E-state index contributed by atoms with van der Waals surface area (Å²) in [6.07, 6.45) is 0. The fraction of sp³-hybridized carbons (Fsp3) is 0.889. The topological polar surface area (TPSA) is 35.8 Å². The first kappa shape index (κ1) is 11.8. The Morgan fingerprint density at radius 1 is 1.58 bits per heavy atom. The average Bonchev–Trinajstić information content (AvgIpc) is 2.03. The van der Waals surface area contributed by atoms with Crippen molar-refractivity contribution >= 4 is 11.8 Å². The minimum atomic E-state index is -0.362. The third-order valence-electron chi connectivity index (χ3n) is 1.64. The van der Waals surface area contributed by atoms with Crippen LogP contribution in [0.5, 0.6) is 0 Å². The molecule has 0 saturated carbocycles.